The molecule has 1 atom stereocenters. The summed E-state index contributed by atoms with van der Waals surface area (Å²) in [5.41, 5.74) is 7.39. The number of aliphatic hydroxyl groups is 1. The minimum absolute atomic E-state index is 0.0141. The SMILES string of the molecule is CC1=C(O)C(Cc2ccc(F)cc2)C(=O)n2nc(C(=O)O)nc21.NCc1ccncc1. The lowest BCUT2D eigenvalue weighted by atomic mass is 9.92. The summed E-state index contributed by atoms with van der Waals surface area (Å²) in [6.07, 6.45) is 3.62. The van der Waals surface area contributed by atoms with Crippen LogP contribution < -0.4 is 5.73 Å². The number of nitrogens with zero attached hydrogens (tertiary/aromatic N) is 4. The minimum Gasteiger partial charge on any atom is -0.511 e. The van der Waals surface area contributed by atoms with Gasteiger partial charge in [0.2, 0.25) is 0 Å². The largest absolute Gasteiger partial charge is 0.511 e. The van der Waals surface area contributed by atoms with Crippen LogP contribution in [-0.2, 0) is 13.0 Å². The van der Waals surface area contributed by atoms with Crippen LogP contribution in [0.3, 0.4) is 0 Å². The van der Waals surface area contributed by atoms with E-state index in [9.17, 15) is 19.1 Å². The van der Waals surface area contributed by atoms with Crippen molar-refractivity contribution in [2.75, 3.05) is 0 Å². The van der Waals surface area contributed by atoms with Crippen LogP contribution in [0.4, 0.5) is 4.39 Å². The molecule has 0 saturated carbocycles. The smallest absolute Gasteiger partial charge is 0.375 e. The number of benzene rings is 1. The van der Waals surface area contributed by atoms with Crippen molar-refractivity contribution < 1.29 is 24.2 Å². The molecule has 0 bridgehead atoms. The average Bonchev–Trinajstić information content (AvgIpc) is 3.24. The van der Waals surface area contributed by atoms with Crippen molar-refractivity contribution >= 4 is 17.4 Å². The maximum Gasteiger partial charge on any atom is 0.375 e. The molecule has 10 heteroatoms. The highest BCUT2D eigenvalue weighted by Gasteiger charge is 2.36. The summed E-state index contributed by atoms with van der Waals surface area (Å²) in [7, 11) is 0. The van der Waals surface area contributed by atoms with Gasteiger partial charge < -0.3 is 15.9 Å². The van der Waals surface area contributed by atoms with Crippen molar-refractivity contribution in [1.29, 1.82) is 0 Å². The van der Waals surface area contributed by atoms with E-state index in [1.165, 1.54) is 31.2 Å². The van der Waals surface area contributed by atoms with E-state index < -0.39 is 29.4 Å². The van der Waals surface area contributed by atoms with E-state index in [0.29, 0.717) is 12.1 Å². The standard InChI is InChI=1S/C15H12FN3O4.C6H8N2/c1-7-11(20)10(6-8-2-4-9(16)5-3-8)14(21)19-13(7)17-12(18-19)15(22)23;7-5-6-1-3-8-4-2-6/h2-5,10,20H,6H2,1H3,(H,22,23);1-4H,5,7H2. The van der Waals surface area contributed by atoms with Gasteiger partial charge in [0.1, 0.15) is 17.5 Å². The number of aromatic nitrogens is 4. The second-order valence-electron chi connectivity index (χ2n) is 6.77. The van der Waals surface area contributed by atoms with Gasteiger partial charge in [-0.2, -0.15) is 4.68 Å². The number of carboxylic acids is 1. The molecule has 2 aromatic heterocycles. The van der Waals surface area contributed by atoms with Gasteiger partial charge in [0.25, 0.3) is 11.7 Å². The van der Waals surface area contributed by atoms with Crippen LogP contribution in [0.1, 0.15) is 39.3 Å². The summed E-state index contributed by atoms with van der Waals surface area (Å²) in [5.74, 6) is -3.94. The Morgan fingerprint density at radius 2 is 1.81 bits per heavy atom. The van der Waals surface area contributed by atoms with Crippen molar-refractivity contribution in [3.63, 3.8) is 0 Å². The first kappa shape index (κ1) is 21.8. The third kappa shape index (κ3) is 4.81. The van der Waals surface area contributed by atoms with Gasteiger partial charge >= 0.3 is 5.97 Å². The van der Waals surface area contributed by atoms with E-state index in [1.54, 1.807) is 12.4 Å². The van der Waals surface area contributed by atoms with Crippen LogP contribution in [-0.4, -0.2) is 41.8 Å². The molecule has 160 valence electrons. The molecule has 0 radical (unpaired) electrons. The maximum absolute atomic E-state index is 13.0. The maximum atomic E-state index is 13.0. The molecule has 3 aromatic rings. The Bertz CT molecular complexity index is 1130. The first-order chi connectivity index (χ1) is 14.8. The first-order valence-corrected chi connectivity index (χ1v) is 9.30. The number of allylic oxidation sites excluding steroid dienone is 2. The van der Waals surface area contributed by atoms with Crippen molar-refractivity contribution in [3.8, 4) is 0 Å². The summed E-state index contributed by atoms with van der Waals surface area (Å²) in [6, 6.07) is 9.37. The van der Waals surface area contributed by atoms with E-state index in [0.717, 1.165) is 10.2 Å². The normalized spacial score (nSPS) is 15.2. The number of carbonyl (C=O) groups is 2. The van der Waals surface area contributed by atoms with Gasteiger partial charge in [0.15, 0.2) is 5.82 Å². The second kappa shape index (κ2) is 9.26. The molecule has 3 heterocycles. The fraction of sp³-hybridized carbons (Fsp3) is 0.190. The second-order valence-corrected chi connectivity index (χ2v) is 6.77. The van der Waals surface area contributed by atoms with E-state index in [4.69, 9.17) is 10.8 Å². The van der Waals surface area contributed by atoms with Gasteiger partial charge in [0, 0.05) is 24.5 Å². The fourth-order valence-electron chi connectivity index (χ4n) is 3.00. The number of carboxylic acid groups (broad SMARTS) is 1. The summed E-state index contributed by atoms with van der Waals surface area (Å²) in [4.78, 5) is 31.0. The van der Waals surface area contributed by atoms with Crippen molar-refractivity contribution in [2.45, 2.75) is 19.9 Å². The van der Waals surface area contributed by atoms with E-state index >= 15 is 0 Å². The number of aromatic carboxylic acids is 1. The fourth-order valence-corrected chi connectivity index (χ4v) is 3.00. The zero-order valence-corrected chi connectivity index (χ0v) is 16.6. The third-order valence-electron chi connectivity index (χ3n) is 4.69. The topological polar surface area (TPSA) is 144 Å². The van der Waals surface area contributed by atoms with Crippen LogP contribution in [0.15, 0.2) is 54.6 Å². The van der Waals surface area contributed by atoms with Crippen molar-refractivity contribution in [3.05, 3.63) is 83.1 Å². The van der Waals surface area contributed by atoms with Crippen molar-refractivity contribution in [1.82, 2.24) is 19.7 Å². The number of halogens is 1. The summed E-state index contributed by atoms with van der Waals surface area (Å²) >= 11 is 0. The van der Waals surface area contributed by atoms with Gasteiger partial charge in [-0.25, -0.2) is 14.2 Å². The van der Waals surface area contributed by atoms with Crippen LogP contribution in [0.25, 0.3) is 5.57 Å². The van der Waals surface area contributed by atoms with Crippen LogP contribution in [0.5, 0.6) is 0 Å². The Kier molecular flexibility index (Phi) is 6.51. The molecule has 1 aliphatic heterocycles. The Hall–Kier alpha value is -3.92. The summed E-state index contributed by atoms with van der Waals surface area (Å²) < 4.78 is 13.8. The number of nitrogens with two attached hydrogens (primary N) is 1. The van der Waals surface area contributed by atoms with Gasteiger partial charge in [-0.1, -0.05) is 12.1 Å². The molecule has 9 nitrogen and oxygen atoms in total. The Balaban J connectivity index is 0.000000287. The zero-order chi connectivity index (χ0) is 22.5. The number of hydrogen-bond donors (Lipinski definition) is 3. The molecule has 1 aliphatic rings. The van der Waals surface area contributed by atoms with E-state index in [-0.39, 0.29) is 23.6 Å². The molecule has 4 rings (SSSR count). The highest BCUT2D eigenvalue weighted by Crippen LogP contribution is 2.30. The predicted octanol–water partition coefficient (Wildman–Crippen LogP) is 2.46. The van der Waals surface area contributed by atoms with Gasteiger partial charge in [-0.3, -0.25) is 9.78 Å². The Labute approximate surface area is 176 Å². The number of rotatable bonds is 4. The quantitative estimate of drug-likeness (QED) is 0.578. The molecular weight excluding hydrogens is 405 g/mol. The molecule has 0 fully saturated rings. The highest BCUT2D eigenvalue weighted by molar-refractivity contribution is 5.92. The van der Waals surface area contributed by atoms with Crippen molar-refractivity contribution in [2.24, 2.45) is 11.7 Å². The number of fused-ring (bicyclic) bond motifs is 1. The molecule has 31 heavy (non-hydrogen) atoms. The summed E-state index contributed by atoms with van der Waals surface area (Å²) in [6.45, 7) is 2.13. The number of aliphatic hydroxyl groups excluding tert-OH is 1. The molecule has 0 amide bonds. The number of pyridine rings is 1. The van der Waals surface area contributed by atoms with Crippen LogP contribution in [0.2, 0.25) is 0 Å². The van der Waals surface area contributed by atoms with Gasteiger partial charge in [0.05, 0.1) is 0 Å². The molecule has 0 spiro atoms. The zero-order valence-electron chi connectivity index (χ0n) is 16.6. The predicted molar refractivity (Wildman–Crippen MR) is 109 cm³/mol. The molecule has 1 aromatic carbocycles. The monoisotopic (exact) mass is 425 g/mol. The lowest BCUT2D eigenvalue weighted by molar-refractivity contribution is 0.0683. The van der Waals surface area contributed by atoms with E-state index in [1.807, 2.05) is 12.1 Å². The first-order valence-electron chi connectivity index (χ1n) is 9.30. The van der Waals surface area contributed by atoms with Gasteiger partial charge in [-0.15, -0.1) is 5.10 Å². The molecule has 0 saturated heterocycles. The summed E-state index contributed by atoms with van der Waals surface area (Å²) in [5, 5.41) is 22.9. The molecular formula is C21H20FN5O4. The molecule has 0 aliphatic carbocycles. The number of carbonyl (C=O) groups excluding carboxylic acids is 1. The van der Waals surface area contributed by atoms with Gasteiger partial charge in [-0.05, 0) is 48.7 Å². The molecule has 1 unspecified atom stereocenters. The highest BCUT2D eigenvalue weighted by atomic mass is 19.1. The Morgan fingerprint density at radius 3 is 2.35 bits per heavy atom. The average molecular weight is 425 g/mol. The lowest BCUT2D eigenvalue weighted by Crippen LogP contribution is -2.32. The van der Waals surface area contributed by atoms with Crippen LogP contribution >= 0.6 is 0 Å². The Morgan fingerprint density at radius 1 is 1.16 bits per heavy atom. The number of hydrogen-bond acceptors (Lipinski definition) is 7. The molecule has 4 N–H and O–H groups in total. The van der Waals surface area contributed by atoms with E-state index in [2.05, 4.69) is 15.1 Å². The lowest BCUT2D eigenvalue weighted by Gasteiger charge is -2.22. The van der Waals surface area contributed by atoms with Crippen LogP contribution in [0, 0.1) is 11.7 Å². The third-order valence-corrected chi connectivity index (χ3v) is 4.69. The minimum atomic E-state index is -1.36.